The number of halogens is 2. The molecule has 0 aliphatic carbocycles. The molecule has 0 saturated heterocycles. The molecular weight excluding hydrogens is 361 g/mol. The average molecular weight is 372 g/mol. The van der Waals surface area contributed by atoms with E-state index in [1.54, 1.807) is 37.3 Å². The summed E-state index contributed by atoms with van der Waals surface area (Å²) in [5.41, 5.74) is 1.96. The summed E-state index contributed by atoms with van der Waals surface area (Å²) in [6, 6.07) is 10.3. The Morgan fingerprint density at radius 2 is 1.95 bits per heavy atom. The van der Waals surface area contributed by atoms with E-state index in [4.69, 9.17) is 23.2 Å². The summed E-state index contributed by atoms with van der Waals surface area (Å²) in [7, 11) is -3.47. The molecule has 1 heterocycles. The van der Waals surface area contributed by atoms with E-state index in [1.165, 1.54) is 11.3 Å². The number of thiazole rings is 1. The highest BCUT2D eigenvalue weighted by atomic mass is 35.5. The van der Waals surface area contributed by atoms with Crippen molar-refractivity contribution in [2.24, 2.45) is 0 Å². The quantitative estimate of drug-likeness (QED) is 0.658. The van der Waals surface area contributed by atoms with E-state index >= 15 is 0 Å². The zero-order valence-electron chi connectivity index (χ0n) is 11.5. The van der Waals surface area contributed by atoms with E-state index in [0.29, 0.717) is 26.1 Å². The van der Waals surface area contributed by atoms with Crippen molar-refractivity contribution in [2.45, 2.75) is 17.6 Å². The predicted molar refractivity (Wildman–Crippen MR) is 91.7 cm³/mol. The molecule has 0 aliphatic heterocycles. The van der Waals surface area contributed by atoms with Crippen LogP contribution >= 0.6 is 34.5 Å². The number of sulfone groups is 1. The number of fused-ring (bicyclic) bond motifs is 1. The fraction of sp³-hybridized carbons (Fsp3) is 0.133. The van der Waals surface area contributed by atoms with Gasteiger partial charge in [0.15, 0.2) is 14.3 Å². The Balaban J connectivity index is 2.00. The van der Waals surface area contributed by atoms with Crippen molar-refractivity contribution >= 4 is 54.6 Å². The van der Waals surface area contributed by atoms with Crippen LogP contribution in [0.1, 0.15) is 11.1 Å². The number of aromatic nitrogens is 1. The molecule has 22 heavy (non-hydrogen) atoms. The lowest BCUT2D eigenvalue weighted by molar-refractivity contribution is 0.594. The number of nitrogens with zero attached hydrogens (tertiary/aromatic N) is 1. The second-order valence-corrected chi connectivity index (χ2v) is 8.87. The Bertz CT molecular complexity index is 965. The molecule has 0 atom stereocenters. The molecule has 7 heteroatoms. The van der Waals surface area contributed by atoms with Crippen LogP contribution in [0.25, 0.3) is 10.2 Å². The Kier molecular flexibility index (Phi) is 4.16. The predicted octanol–water partition coefficient (Wildman–Crippen LogP) is 4.89. The SMILES string of the molecule is Cc1c(Cl)cccc1S(=O)(=O)Cc1ccc2sc(Cl)nc2c1. The number of rotatable bonds is 3. The molecular formula is C15H11Cl2NO2S2. The van der Waals surface area contributed by atoms with E-state index in [2.05, 4.69) is 4.98 Å². The van der Waals surface area contributed by atoms with Gasteiger partial charge in [0.1, 0.15) is 0 Å². The first-order valence-corrected chi connectivity index (χ1v) is 9.62. The summed E-state index contributed by atoms with van der Waals surface area (Å²) in [6.07, 6.45) is 0. The van der Waals surface area contributed by atoms with Gasteiger partial charge in [-0.1, -0.05) is 35.3 Å². The Morgan fingerprint density at radius 1 is 1.18 bits per heavy atom. The van der Waals surface area contributed by atoms with E-state index in [-0.39, 0.29) is 10.6 Å². The normalized spacial score (nSPS) is 12.0. The fourth-order valence-corrected chi connectivity index (χ4v) is 5.13. The Hall–Kier alpha value is -1.14. The molecule has 114 valence electrons. The minimum absolute atomic E-state index is 0.0979. The monoisotopic (exact) mass is 371 g/mol. The molecule has 0 radical (unpaired) electrons. The van der Waals surface area contributed by atoms with Gasteiger partial charge in [-0.15, -0.1) is 11.3 Å². The topological polar surface area (TPSA) is 47.0 Å². The molecule has 0 bridgehead atoms. The van der Waals surface area contributed by atoms with Gasteiger partial charge >= 0.3 is 0 Å². The van der Waals surface area contributed by atoms with Crippen LogP contribution in [0.3, 0.4) is 0 Å². The molecule has 0 amide bonds. The van der Waals surface area contributed by atoms with Gasteiger partial charge in [0.05, 0.1) is 20.9 Å². The third-order valence-electron chi connectivity index (χ3n) is 3.34. The third kappa shape index (κ3) is 2.99. The van der Waals surface area contributed by atoms with Crippen molar-refractivity contribution < 1.29 is 8.42 Å². The standard InChI is InChI=1S/C15H11Cl2NO2S2/c1-9-11(16)3-2-4-14(9)22(19,20)8-10-5-6-13-12(7-10)18-15(17)21-13/h2-7H,8H2,1H3. The summed E-state index contributed by atoms with van der Waals surface area (Å²) in [6.45, 7) is 1.71. The van der Waals surface area contributed by atoms with Crippen LogP contribution in [0.4, 0.5) is 0 Å². The number of benzene rings is 2. The van der Waals surface area contributed by atoms with Crippen LogP contribution in [0.5, 0.6) is 0 Å². The number of hydrogen-bond acceptors (Lipinski definition) is 4. The highest BCUT2D eigenvalue weighted by Gasteiger charge is 2.19. The first kappa shape index (κ1) is 15.7. The van der Waals surface area contributed by atoms with Crippen molar-refractivity contribution in [3.8, 4) is 0 Å². The Morgan fingerprint density at radius 3 is 2.73 bits per heavy atom. The summed E-state index contributed by atoms with van der Waals surface area (Å²) in [5, 5.41) is 0.447. The van der Waals surface area contributed by atoms with Crippen molar-refractivity contribution in [3.05, 3.63) is 57.0 Å². The van der Waals surface area contributed by atoms with Crippen LogP contribution in [0.2, 0.25) is 9.49 Å². The van der Waals surface area contributed by atoms with Crippen LogP contribution < -0.4 is 0 Å². The van der Waals surface area contributed by atoms with Crippen molar-refractivity contribution in [3.63, 3.8) is 0 Å². The summed E-state index contributed by atoms with van der Waals surface area (Å²) >= 11 is 13.3. The van der Waals surface area contributed by atoms with Crippen molar-refractivity contribution in [2.75, 3.05) is 0 Å². The summed E-state index contributed by atoms with van der Waals surface area (Å²) in [4.78, 5) is 4.44. The largest absolute Gasteiger partial charge is 0.225 e. The molecule has 0 fully saturated rings. The highest BCUT2D eigenvalue weighted by Crippen LogP contribution is 2.29. The lowest BCUT2D eigenvalue weighted by atomic mass is 10.2. The van der Waals surface area contributed by atoms with Crippen LogP contribution in [0.15, 0.2) is 41.3 Å². The molecule has 2 aromatic carbocycles. The number of hydrogen-bond donors (Lipinski definition) is 0. The molecule has 3 nitrogen and oxygen atoms in total. The molecule has 0 unspecified atom stereocenters. The second kappa shape index (κ2) is 5.81. The van der Waals surface area contributed by atoms with Gasteiger partial charge in [0.25, 0.3) is 0 Å². The summed E-state index contributed by atoms with van der Waals surface area (Å²) in [5.74, 6) is -0.0979. The van der Waals surface area contributed by atoms with Gasteiger partial charge in [-0.25, -0.2) is 13.4 Å². The van der Waals surface area contributed by atoms with E-state index in [0.717, 1.165) is 4.70 Å². The van der Waals surface area contributed by atoms with Gasteiger partial charge < -0.3 is 0 Å². The Labute approximate surface area is 142 Å². The van der Waals surface area contributed by atoms with Crippen molar-refractivity contribution in [1.29, 1.82) is 0 Å². The molecule has 0 N–H and O–H groups in total. The van der Waals surface area contributed by atoms with E-state index in [1.807, 2.05) is 6.07 Å². The van der Waals surface area contributed by atoms with Crippen LogP contribution in [0, 0.1) is 6.92 Å². The van der Waals surface area contributed by atoms with Gasteiger partial charge in [-0.05, 0) is 42.3 Å². The molecule has 3 aromatic rings. The first-order valence-electron chi connectivity index (χ1n) is 6.40. The molecule has 0 aliphatic rings. The fourth-order valence-electron chi connectivity index (χ4n) is 2.26. The van der Waals surface area contributed by atoms with Gasteiger partial charge in [0, 0.05) is 5.02 Å². The van der Waals surface area contributed by atoms with Gasteiger partial charge in [-0.3, -0.25) is 0 Å². The third-order valence-corrected chi connectivity index (χ3v) is 6.71. The smallest absolute Gasteiger partial charge is 0.184 e. The zero-order chi connectivity index (χ0) is 15.9. The lowest BCUT2D eigenvalue weighted by Gasteiger charge is -2.09. The maximum absolute atomic E-state index is 12.6. The maximum Gasteiger partial charge on any atom is 0.184 e. The second-order valence-electron chi connectivity index (χ2n) is 4.89. The van der Waals surface area contributed by atoms with E-state index < -0.39 is 9.84 Å². The highest BCUT2D eigenvalue weighted by molar-refractivity contribution is 7.90. The molecule has 0 spiro atoms. The van der Waals surface area contributed by atoms with Crippen LogP contribution in [-0.2, 0) is 15.6 Å². The summed E-state index contributed by atoms with van der Waals surface area (Å²) < 4.78 is 26.6. The zero-order valence-corrected chi connectivity index (χ0v) is 14.7. The maximum atomic E-state index is 12.6. The average Bonchev–Trinajstić information content (AvgIpc) is 2.80. The van der Waals surface area contributed by atoms with Crippen LogP contribution in [-0.4, -0.2) is 13.4 Å². The minimum atomic E-state index is -3.47. The van der Waals surface area contributed by atoms with Gasteiger partial charge in [-0.2, -0.15) is 0 Å². The van der Waals surface area contributed by atoms with E-state index in [9.17, 15) is 8.42 Å². The molecule has 3 rings (SSSR count). The molecule has 0 saturated carbocycles. The minimum Gasteiger partial charge on any atom is -0.225 e. The molecule has 1 aromatic heterocycles. The first-order chi connectivity index (χ1) is 10.4. The lowest BCUT2D eigenvalue weighted by Crippen LogP contribution is -2.07. The van der Waals surface area contributed by atoms with Crippen molar-refractivity contribution in [1.82, 2.24) is 4.98 Å². The van der Waals surface area contributed by atoms with Gasteiger partial charge in [0.2, 0.25) is 0 Å².